The first kappa shape index (κ1) is 22.8. The molecular weight excluding hydrogens is 342 g/mol. The summed E-state index contributed by atoms with van der Waals surface area (Å²) < 4.78 is 5.56. The van der Waals surface area contributed by atoms with Crippen molar-refractivity contribution in [3.05, 3.63) is 29.8 Å². The molecule has 1 atom stereocenters. The van der Waals surface area contributed by atoms with Gasteiger partial charge in [0, 0.05) is 39.0 Å². The lowest BCUT2D eigenvalue weighted by Crippen LogP contribution is -2.45. The van der Waals surface area contributed by atoms with Gasteiger partial charge in [-0.2, -0.15) is 0 Å². The van der Waals surface area contributed by atoms with E-state index in [0.29, 0.717) is 13.1 Å². The smallest absolute Gasteiger partial charge is 0.319 e. The number of hydrogen-bond acceptors (Lipinski definition) is 3. The predicted octanol–water partition coefficient (Wildman–Crippen LogP) is 2.94. The molecule has 0 saturated heterocycles. The average molecular weight is 378 g/mol. The summed E-state index contributed by atoms with van der Waals surface area (Å²) in [4.78, 5) is 16.0. The van der Waals surface area contributed by atoms with Crippen molar-refractivity contribution >= 4 is 17.7 Å². The topological polar surface area (TPSA) is 86.8 Å². The van der Waals surface area contributed by atoms with Crippen LogP contribution in [0.5, 0.6) is 0 Å². The summed E-state index contributed by atoms with van der Waals surface area (Å²) in [5, 5.41) is 12.2. The molecule has 0 bridgehead atoms. The van der Waals surface area contributed by atoms with Crippen molar-refractivity contribution in [1.29, 1.82) is 0 Å². The molecule has 4 N–H and O–H groups in total. The van der Waals surface area contributed by atoms with Gasteiger partial charge in [0.1, 0.15) is 0 Å². The van der Waals surface area contributed by atoms with Crippen LogP contribution < -0.4 is 21.3 Å². The zero-order chi connectivity index (χ0) is 20.4. The maximum atomic E-state index is 11.7. The van der Waals surface area contributed by atoms with Crippen molar-refractivity contribution in [3.8, 4) is 0 Å². The highest BCUT2D eigenvalue weighted by Crippen LogP contribution is 2.20. The number of urea groups is 1. The third kappa shape index (κ3) is 8.77. The maximum Gasteiger partial charge on any atom is 0.319 e. The molecule has 7 nitrogen and oxygen atoms in total. The van der Waals surface area contributed by atoms with Gasteiger partial charge in [-0.25, -0.2) is 4.79 Å². The van der Waals surface area contributed by atoms with Crippen molar-refractivity contribution in [3.63, 3.8) is 0 Å². The Morgan fingerprint density at radius 3 is 2.26 bits per heavy atom. The number of methoxy groups -OCH3 is 1. The van der Waals surface area contributed by atoms with Crippen LogP contribution in [-0.2, 0) is 11.3 Å². The molecule has 0 fully saturated rings. The van der Waals surface area contributed by atoms with Gasteiger partial charge < -0.3 is 26.0 Å². The molecule has 7 heteroatoms. The van der Waals surface area contributed by atoms with Crippen LogP contribution in [0.15, 0.2) is 29.3 Å². The minimum absolute atomic E-state index is 0.0469. The molecule has 152 valence electrons. The Bertz CT molecular complexity index is 606. The lowest BCUT2D eigenvalue weighted by molar-refractivity contribution is 0.0205. The molecule has 0 aromatic heterocycles. The number of rotatable bonds is 7. The fourth-order valence-electron chi connectivity index (χ4n) is 2.47. The van der Waals surface area contributed by atoms with Crippen LogP contribution in [0.4, 0.5) is 10.5 Å². The molecule has 0 saturated carbocycles. The van der Waals surface area contributed by atoms with Gasteiger partial charge in [0.05, 0.1) is 6.10 Å². The number of amides is 2. The van der Waals surface area contributed by atoms with Crippen LogP contribution in [0, 0.1) is 5.41 Å². The van der Waals surface area contributed by atoms with Crippen LogP contribution >= 0.6 is 0 Å². The molecule has 1 rings (SSSR count). The Morgan fingerprint density at radius 1 is 1.15 bits per heavy atom. The second kappa shape index (κ2) is 10.8. The molecule has 2 amide bonds. The minimum Gasteiger partial charge on any atom is -0.379 e. The van der Waals surface area contributed by atoms with E-state index in [1.165, 1.54) is 0 Å². The molecule has 1 aromatic rings. The second-order valence-corrected chi connectivity index (χ2v) is 7.85. The van der Waals surface area contributed by atoms with E-state index in [1.54, 1.807) is 14.2 Å². The van der Waals surface area contributed by atoms with Crippen molar-refractivity contribution < 1.29 is 9.53 Å². The first-order valence-electron chi connectivity index (χ1n) is 9.29. The van der Waals surface area contributed by atoms with Crippen molar-refractivity contribution in [2.45, 2.75) is 53.3 Å². The first-order valence-corrected chi connectivity index (χ1v) is 9.29. The molecule has 0 aliphatic carbocycles. The van der Waals surface area contributed by atoms with Crippen LogP contribution in [0.1, 0.15) is 40.2 Å². The lowest BCUT2D eigenvalue weighted by Gasteiger charge is -2.30. The number of guanidine groups is 1. The van der Waals surface area contributed by atoms with Crippen LogP contribution in [0.3, 0.4) is 0 Å². The number of aliphatic imine (C=N–C) groups is 1. The zero-order valence-corrected chi connectivity index (χ0v) is 17.6. The molecule has 1 aromatic carbocycles. The van der Waals surface area contributed by atoms with E-state index < -0.39 is 0 Å². The second-order valence-electron chi connectivity index (χ2n) is 7.85. The molecule has 27 heavy (non-hydrogen) atoms. The SMILES string of the molecule is CN=C(NCc1ccc(NC(=O)NC(C)C)cc1)NCC(OC)C(C)(C)C. The molecule has 0 aliphatic rings. The van der Waals surface area contributed by atoms with E-state index in [-0.39, 0.29) is 23.6 Å². The summed E-state index contributed by atoms with van der Waals surface area (Å²) >= 11 is 0. The highest BCUT2D eigenvalue weighted by Gasteiger charge is 2.24. The van der Waals surface area contributed by atoms with E-state index in [4.69, 9.17) is 4.74 Å². The number of benzene rings is 1. The largest absolute Gasteiger partial charge is 0.379 e. The van der Waals surface area contributed by atoms with E-state index in [2.05, 4.69) is 47.0 Å². The highest BCUT2D eigenvalue weighted by atomic mass is 16.5. The van der Waals surface area contributed by atoms with Crippen LogP contribution in [-0.4, -0.2) is 44.8 Å². The Labute approximate surface area is 163 Å². The third-order valence-corrected chi connectivity index (χ3v) is 4.02. The quantitative estimate of drug-likeness (QED) is 0.435. The Morgan fingerprint density at radius 2 is 1.78 bits per heavy atom. The first-order chi connectivity index (χ1) is 12.7. The van der Waals surface area contributed by atoms with Gasteiger partial charge in [-0.3, -0.25) is 4.99 Å². The molecule has 0 spiro atoms. The van der Waals surface area contributed by atoms with Gasteiger partial charge in [0.25, 0.3) is 0 Å². The Kier molecular flexibility index (Phi) is 9.08. The van der Waals surface area contributed by atoms with Crippen molar-refractivity contribution in [2.75, 3.05) is 26.0 Å². The number of nitrogens with one attached hydrogen (secondary N) is 4. The number of hydrogen-bond donors (Lipinski definition) is 4. The van der Waals surface area contributed by atoms with E-state index >= 15 is 0 Å². The lowest BCUT2D eigenvalue weighted by atomic mass is 9.89. The number of carbonyl (C=O) groups is 1. The van der Waals surface area contributed by atoms with E-state index in [0.717, 1.165) is 17.2 Å². The highest BCUT2D eigenvalue weighted by molar-refractivity contribution is 5.89. The molecule has 0 radical (unpaired) electrons. The van der Waals surface area contributed by atoms with Gasteiger partial charge in [0.15, 0.2) is 5.96 Å². The van der Waals surface area contributed by atoms with Crippen LogP contribution in [0.25, 0.3) is 0 Å². The predicted molar refractivity (Wildman–Crippen MR) is 112 cm³/mol. The standard InChI is InChI=1S/C20H35N5O2/c1-14(2)24-19(26)25-16-10-8-15(9-11-16)12-22-18(21-6)23-13-17(27-7)20(3,4)5/h8-11,14,17H,12-13H2,1-7H3,(H2,21,22,23)(H2,24,25,26). The van der Waals surface area contributed by atoms with Gasteiger partial charge in [-0.1, -0.05) is 32.9 Å². The summed E-state index contributed by atoms with van der Waals surface area (Å²) in [6, 6.07) is 7.61. The molecule has 1 unspecified atom stereocenters. The van der Waals surface area contributed by atoms with E-state index in [1.807, 2.05) is 38.1 Å². The van der Waals surface area contributed by atoms with Gasteiger partial charge >= 0.3 is 6.03 Å². The number of ether oxygens (including phenoxy) is 1. The number of carbonyl (C=O) groups excluding carboxylic acids is 1. The van der Waals surface area contributed by atoms with Gasteiger partial charge in [0.2, 0.25) is 0 Å². The van der Waals surface area contributed by atoms with Crippen LogP contribution in [0.2, 0.25) is 0 Å². The Hall–Kier alpha value is -2.28. The zero-order valence-electron chi connectivity index (χ0n) is 17.6. The van der Waals surface area contributed by atoms with Crippen molar-refractivity contribution in [1.82, 2.24) is 16.0 Å². The third-order valence-electron chi connectivity index (χ3n) is 4.02. The summed E-state index contributed by atoms with van der Waals surface area (Å²) in [5.74, 6) is 0.722. The average Bonchev–Trinajstić information content (AvgIpc) is 2.57. The molecule has 0 aliphatic heterocycles. The number of nitrogens with zero attached hydrogens (tertiary/aromatic N) is 1. The Balaban J connectivity index is 2.50. The fourth-order valence-corrected chi connectivity index (χ4v) is 2.47. The summed E-state index contributed by atoms with van der Waals surface area (Å²) in [5.41, 5.74) is 1.89. The molecule has 0 heterocycles. The van der Waals surface area contributed by atoms with Crippen molar-refractivity contribution in [2.24, 2.45) is 10.4 Å². The van der Waals surface area contributed by atoms with E-state index in [9.17, 15) is 4.79 Å². The van der Waals surface area contributed by atoms with Gasteiger partial charge in [-0.05, 0) is 37.0 Å². The minimum atomic E-state index is -0.202. The number of anilines is 1. The monoisotopic (exact) mass is 377 g/mol. The maximum absolute atomic E-state index is 11.7. The molecular formula is C20H35N5O2. The fraction of sp³-hybridized carbons (Fsp3) is 0.600. The van der Waals surface area contributed by atoms with Gasteiger partial charge in [-0.15, -0.1) is 0 Å². The summed E-state index contributed by atoms with van der Waals surface area (Å²) in [6.45, 7) is 11.6. The normalized spacial score (nSPS) is 13.3. The summed E-state index contributed by atoms with van der Waals surface area (Å²) in [6.07, 6.45) is 0.0818. The summed E-state index contributed by atoms with van der Waals surface area (Å²) in [7, 11) is 3.47.